The van der Waals surface area contributed by atoms with Crippen molar-refractivity contribution >= 4 is 29.4 Å². The molecule has 0 unspecified atom stereocenters. The SMILES string of the molecule is C[C@H](NC(=O)c1ccc(Cl)cc1)C(=O)OCC(=O)NC(C)(C)C. The summed E-state index contributed by atoms with van der Waals surface area (Å²) in [6.07, 6.45) is 0. The molecule has 0 aromatic heterocycles. The van der Waals surface area contributed by atoms with Gasteiger partial charge in [-0.05, 0) is 52.0 Å². The molecule has 126 valence electrons. The number of ether oxygens (including phenoxy) is 1. The number of hydrogen-bond acceptors (Lipinski definition) is 4. The lowest BCUT2D eigenvalue weighted by atomic mass is 10.1. The second-order valence-corrected chi connectivity index (χ2v) is 6.54. The number of nitrogens with one attached hydrogen (secondary N) is 2. The van der Waals surface area contributed by atoms with Crippen LogP contribution in [0.15, 0.2) is 24.3 Å². The molecule has 1 atom stereocenters. The molecule has 6 nitrogen and oxygen atoms in total. The molecule has 7 heteroatoms. The third kappa shape index (κ3) is 7.15. The zero-order valence-corrected chi connectivity index (χ0v) is 14.4. The molecule has 0 heterocycles. The van der Waals surface area contributed by atoms with Crippen LogP contribution in [-0.2, 0) is 14.3 Å². The fourth-order valence-electron chi connectivity index (χ4n) is 1.66. The molecule has 0 bridgehead atoms. The fourth-order valence-corrected chi connectivity index (χ4v) is 1.78. The zero-order valence-electron chi connectivity index (χ0n) is 13.6. The Morgan fingerprint density at radius 3 is 2.26 bits per heavy atom. The molecule has 2 N–H and O–H groups in total. The third-order valence-corrected chi connectivity index (χ3v) is 2.92. The van der Waals surface area contributed by atoms with Gasteiger partial charge in [0.25, 0.3) is 11.8 Å². The quantitative estimate of drug-likeness (QED) is 0.802. The first-order chi connectivity index (χ1) is 10.6. The topological polar surface area (TPSA) is 84.5 Å². The number of esters is 1. The zero-order chi connectivity index (χ0) is 17.6. The van der Waals surface area contributed by atoms with Gasteiger partial charge in [0.1, 0.15) is 6.04 Å². The number of benzene rings is 1. The first-order valence-corrected chi connectivity index (χ1v) is 7.50. The minimum Gasteiger partial charge on any atom is -0.454 e. The molecule has 23 heavy (non-hydrogen) atoms. The fraction of sp³-hybridized carbons (Fsp3) is 0.438. The van der Waals surface area contributed by atoms with E-state index in [0.717, 1.165) is 0 Å². The van der Waals surface area contributed by atoms with Crippen molar-refractivity contribution in [2.24, 2.45) is 0 Å². The van der Waals surface area contributed by atoms with E-state index in [0.29, 0.717) is 10.6 Å². The summed E-state index contributed by atoms with van der Waals surface area (Å²) in [5, 5.41) is 5.68. The average Bonchev–Trinajstić information content (AvgIpc) is 2.43. The molecule has 0 fully saturated rings. The molecule has 0 aliphatic carbocycles. The van der Waals surface area contributed by atoms with Crippen molar-refractivity contribution in [1.82, 2.24) is 10.6 Å². The number of rotatable bonds is 5. The Kier molecular flexibility index (Phi) is 6.57. The lowest BCUT2D eigenvalue weighted by Gasteiger charge is -2.20. The normalized spacial score (nSPS) is 12.2. The lowest BCUT2D eigenvalue weighted by Crippen LogP contribution is -2.44. The number of amides is 2. The van der Waals surface area contributed by atoms with Crippen molar-refractivity contribution in [1.29, 1.82) is 0 Å². The van der Waals surface area contributed by atoms with Gasteiger partial charge in [-0.3, -0.25) is 9.59 Å². The highest BCUT2D eigenvalue weighted by atomic mass is 35.5. The van der Waals surface area contributed by atoms with Crippen molar-refractivity contribution in [2.45, 2.75) is 39.3 Å². The molecule has 0 spiro atoms. The molecular formula is C16H21ClN2O4. The van der Waals surface area contributed by atoms with Gasteiger partial charge in [0.05, 0.1) is 0 Å². The highest BCUT2D eigenvalue weighted by molar-refractivity contribution is 6.30. The minimum absolute atomic E-state index is 0.375. The highest BCUT2D eigenvalue weighted by Crippen LogP contribution is 2.09. The summed E-state index contributed by atoms with van der Waals surface area (Å²) >= 11 is 5.75. The summed E-state index contributed by atoms with van der Waals surface area (Å²) in [7, 11) is 0. The summed E-state index contributed by atoms with van der Waals surface area (Å²) in [4.78, 5) is 35.3. The minimum atomic E-state index is -0.874. The van der Waals surface area contributed by atoms with Crippen molar-refractivity contribution < 1.29 is 19.1 Å². The van der Waals surface area contributed by atoms with Gasteiger partial charge in [-0.1, -0.05) is 11.6 Å². The smallest absolute Gasteiger partial charge is 0.328 e. The van der Waals surface area contributed by atoms with Crippen LogP contribution in [0.5, 0.6) is 0 Å². The molecule has 1 aromatic rings. The summed E-state index contributed by atoms with van der Waals surface area (Å²) in [6.45, 7) is 6.56. The van der Waals surface area contributed by atoms with Crippen LogP contribution >= 0.6 is 11.6 Å². The molecule has 0 saturated heterocycles. The third-order valence-electron chi connectivity index (χ3n) is 2.67. The van der Waals surface area contributed by atoms with Crippen molar-refractivity contribution in [3.05, 3.63) is 34.9 Å². The van der Waals surface area contributed by atoms with Crippen LogP contribution in [0.1, 0.15) is 38.1 Å². The number of halogens is 1. The van der Waals surface area contributed by atoms with Crippen LogP contribution in [-0.4, -0.2) is 36.0 Å². The Hall–Kier alpha value is -2.08. The Labute approximate surface area is 140 Å². The maximum absolute atomic E-state index is 12.0. The van der Waals surface area contributed by atoms with E-state index in [4.69, 9.17) is 16.3 Å². The maximum Gasteiger partial charge on any atom is 0.328 e. The highest BCUT2D eigenvalue weighted by Gasteiger charge is 2.20. The lowest BCUT2D eigenvalue weighted by molar-refractivity contribution is -0.150. The molecule has 0 aliphatic heterocycles. The Morgan fingerprint density at radius 2 is 1.74 bits per heavy atom. The van der Waals surface area contributed by atoms with E-state index in [1.807, 2.05) is 20.8 Å². The molecule has 2 amide bonds. The van der Waals surface area contributed by atoms with Crippen LogP contribution < -0.4 is 10.6 Å². The van der Waals surface area contributed by atoms with Crippen LogP contribution in [0.2, 0.25) is 5.02 Å². The Balaban J connectivity index is 2.46. The Bertz CT molecular complexity index is 579. The van der Waals surface area contributed by atoms with Crippen molar-refractivity contribution in [3.8, 4) is 0 Å². The second kappa shape index (κ2) is 7.97. The van der Waals surface area contributed by atoms with Crippen molar-refractivity contribution in [2.75, 3.05) is 6.61 Å². The van der Waals surface area contributed by atoms with Gasteiger partial charge in [-0.25, -0.2) is 4.79 Å². The van der Waals surface area contributed by atoms with Crippen LogP contribution in [0.4, 0.5) is 0 Å². The van der Waals surface area contributed by atoms with Gasteiger partial charge >= 0.3 is 5.97 Å². The van der Waals surface area contributed by atoms with Gasteiger partial charge in [-0.15, -0.1) is 0 Å². The van der Waals surface area contributed by atoms with E-state index < -0.39 is 36.0 Å². The predicted molar refractivity (Wildman–Crippen MR) is 87.2 cm³/mol. The number of carbonyl (C=O) groups excluding carboxylic acids is 3. The number of carbonyl (C=O) groups is 3. The van der Waals surface area contributed by atoms with E-state index >= 15 is 0 Å². The van der Waals surface area contributed by atoms with E-state index in [9.17, 15) is 14.4 Å². The van der Waals surface area contributed by atoms with E-state index in [1.165, 1.54) is 6.92 Å². The van der Waals surface area contributed by atoms with Gasteiger partial charge in [0.15, 0.2) is 6.61 Å². The largest absolute Gasteiger partial charge is 0.454 e. The maximum atomic E-state index is 12.0. The van der Waals surface area contributed by atoms with Gasteiger partial charge in [0, 0.05) is 16.1 Å². The molecular weight excluding hydrogens is 320 g/mol. The van der Waals surface area contributed by atoms with Gasteiger partial charge in [-0.2, -0.15) is 0 Å². The number of hydrogen-bond donors (Lipinski definition) is 2. The summed E-state index contributed by atoms with van der Waals surface area (Å²) < 4.78 is 4.88. The molecule has 0 saturated carbocycles. The first-order valence-electron chi connectivity index (χ1n) is 7.12. The van der Waals surface area contributed by atoms with E-state index in [1.54, 1.807) is 24.3 Å². The molecule has 0 radical (unpaired) electrons. The second-order valence-electron chi connectivity index (χ2n) is 6.11. The first kappa shape index (κ1) is 19.0. The predicted octanol–water partition coefficient (Wildman–Crippen LogP) is 1.92. The molecule has 1 aromatic carbocycles. The van der Waals surface area contributed by atoms with Crippen LogP contribution in [0.3, 0.4) is 0 Å². The standard InChI is InChI=1S/C16H21ClN2O4/c1-10(15(22)23-9-13(20)19-16(2,3)4)18-14(21)11-5-7-12(17)8-6-11/h5-8,10H,9H2,1-4H3,(H,18,21)(H,19,20)/t10-/m0/s1. The van der Waals surface area contributed by atoms with Crippen LogP contribution in [0.25, 0.3) is 0 Å². The molecule has 1 rings (SSSR count). The van der Waals surface area contributed by atoms with E-state index in [-0.39, 0.29) is 0 Å². The molecule has 0 aliphatic rings. The van der Waals surface area contributed by atoms with Gasteiger partial charge < -0.3 is 15.4 Å². The summed E-state index contributed by atoms with van der Waals surface area (Å²) in [6, 6.07) is 5.38. The monoisotopic (exact) mass is 340 g/mol. The summed E-state index contributed by atoms with van der Waals surface area (Å²) in [5.41, 5.74) is -0.0303. The van der Waals surface area contributed by atoms with Gasteiger partial charge in [0.2, 0.25) is 0 Å². The summed E-state index contributed by atoms with van der Waals surface area (Å²) in [5.74, 6) is -1.51. The Morgan fingerprint density at radius 1 is 1.17 bits per heavy atom. The van der Waals surface area contributed by atoms with Crippen LogP contribution in [0, 0.1) is 0 Å². The van der Waals surface area contributed by atoms with Crippen molar-refractivity contribution in [3.63, 3.8) is 0 Å². The average molecular weight is 341 g/mol. The van der Waals surface area contributed by atoms with E-state index in [2.05, 4.69) is 10.6 Å².